The molecule has 0 radical (unpaired) electrons. The van der Waals surface area contributed by atoms with Gasteiger partial charge >= 0.3 is 0 Å². The molecule has 0 aliphatic carbocycles. The fraction of sp³-hybridized carbons (Fsp3) is 0.667. The number of nitrogens with zero attached hydrogens (tertiary/aromatic N) is 2. The number of hydrogen-bond donors (Lipinski definition) is 2. The Morgan fingerprint density at radius 1 is 1.21 bits per heavy atom. The monoisotopic (exact) mass is 504 g/mol. The van der Waals surface area contributed by atoms with Crippen LogP contribution in [0.3, 0.4) is 0 Å². The standard InChI is InChI=1S/C21H36N4O2.HI/c1-22-21(24-13-8-15-26-18-20-11-6-16-27-20)23-12-7-14-25(2)17-19-9-4-3-5-10-19;/h3-5,9-10,20H,6-8,11-18H2,1-2H3,(H2,22,23,24);1H. The zero-order valence-electron chi connectivity index (χ0n) is 17.4. The van der Waals surface area contributed by atoms with Crippen LogP contribution in [0.25, 0.3) is 0 Å². The number of ether oxygens (including phenoxy) is 2. The fourth-order valence-corrected chi connectivity index (χ4v) is 3.12. The molecule has 7 heteroatoms. The van der Waals surface area contributed by atoms with Crippen molar-refractivity contribution in [2.45, 2.75) is 38.3 Å². The van der Waals surface area contributed by atoms with Gasteiger partial charge in [-0.05, 0) is 44.8 Å². The van der Waals surface area contributed by atoms with Crippen molar-refractivity contribution in [1.29, 1.82) is 0 Å². The lowest BCUT2D eigenvalue weighted by atomic mass is 10.2. The largest absolute Gasteiger partial charge is 0.379 e. The van der Waals surface area contributed by atoms with Crippen LogP contribution < -0.4 is 10.6 Å². The molecule has 1 aromatic carbocycles. The van der Waals surface area contributed by atoms with Crippen molar-refractivity contribution in [1.82, 2.24) is 15.5 Å². The molecule has 1 saturated heterocycles. The van der Waals surface area contributed by atoms with Crippen molar-refractivity contribution in [3.63, 3.8) is 0 Å². The normalized spacial score (nSPS) is 16.8. The highest BCUT2D eigenvalue weighted by Crippen LogP contribution is 2.11. The average Bonchev–Trinajstić information content (AvgIpc) is 3.20. The van der Waals surface area contributed by atoms with Crippen molar-refractivity contribution >= 4 is 29.9 Å². The van der Waals surface area contributed by atoms with Gasteiger partial charge in [0.2, 0.25) is 0 Å². The third kappa shape index (κ3) is 11.2. The second kappa shape index (κ2) is 16.0. The molecule has 0 bridgehead atoms. The first kappa shape index (κ1) is 25.1. The highest BCUT2D eigenvalue weighted by molar-refractivity contribution is 14.0. The molecule has 28 heavy (non-hydrogen) atoms. The summed E-state index contributed by atoms with van der Waals surface area (Å²) in [6.07, 6.45) is 4.66. The molecule has 2 rings (SSSR count). The maximum absolute atomic E-state index is 5.68. The molecule has 1 aromatic rings. The third-order valence-corrected chi connectivity index (χ3v) is 4.61. The minimum absolute atomic E-state index is 0. The van der Waals surface area contributed by atoms with Gasteiger partial charge in [0.25, 0.3) is 0 Å². The summed E-state index contributed by atoms with van der Waals surface area (Å²) < 4.78 is 11.2. The summed E-state index contributed by atoms with van der Waals surface area (Å²) in [5, 5.41) is 6.72. The van der Waals surface area contributed by atoms with Gasteiger partial charge < -0.3 is 25.0 Å². The highest BCUT2D eigenvalue weighted by atomic mass is 127. The molecule has 0 amide bonds. The van der Waals surface area contributed by atoms with Crippen LogP contribution in [0.15, 0.2) is 35.3 Å². The molecule has 0 saturated carbocycles. The summed E-state index contributed by atoms with van der Waals surface area (Å²) in [5.74, 6) is 0.861. The quantitative estimate of drug-likeness (QED) is 0.199. The molecule has 160 valence electrons. The van der Waals surface area contributed by atoms with E-state index in [9.17, 15) is 0 Å². The summed E-state index contributed by atoms with van der Waals surface area (Å²) in [5.41, 5.74) is 1.35. The van der Waals surface area contributed by atoms with Gasteiger partial charge in [-0.25, -0.2) is 0 Å². The maximum Gasteiger partial charge on any atom is 0.190 e. The van der Waals surface area contributed by atoms with Crippen molar-refractivity contribution in [3.8, 4) is 0 Å². The minimum atomic E-state index is 0. The number of guanidine groups is 1. The van der Waals surface area contributed by atoms with Gasteiger partial charge in [0.1, 0.15) is 0 Å². The van der Waals surface area contributed by atoms with E-state index in [1.54, 1.807) is 0 Å². The lowest BCUT2D eigenvalue weighted by Crippen LogP contribution is -2.39. The molecule has 1 aliphatic heterocycles. The van der Waals surface area contributed by atoms with Crippen LogP contribution in [0.1, 0.15) is 31.2 Å². The predicted octanol–water partition coefficient (Wildman–Crippen LogP) is 2.88. The molecule has 2 N–H and O–H groups in total. The first-order valence-electron chi connectivity index (χ1n) is 10.1. The third-order valence-electron chi connectivity index (χ3n) is 4.61. The molecule has 0 aromatic heterocycles. The number of hydrogen-bond acceptors (Lipinski definition) is 4. The number of benzene rings is 1. The van der Waals surface area contributed by atoms with Crippen LogP contribution in [0.5, 0.6) is 0 Å². The summed E-state index contributed by atoms with van der Waals surface area (Å²) >= 11 is 0. The van der Waals surface area contributed by atoms with Crippen molar-refractivity contribution in [2.24, 2.45) is 4.99 Å². The van der Waals surface area contributed by atoms with Gasteiger partial charge in [-0.15, -0.1) is 24.0 Å². The van der Waals surface area contributed by atoms with Crippen molar-refractivity contribution in [3.05, 3.63) is 35.9 Å². The van der Waals surface area contributed by atoms with Crippen molar-refractivity contribution < 1.29 is 9.47 Å². The molecule has 1 aliphatic rings. The van der Waals surface area contributed by atoms with Gasteiger partial charge in [-0.2, -0.15) is 0 Å². The summed E-state index contributed by atoms with van der Waals surface area (Å²) in [6.45, 7) is 6.18. The summed E-state index contributed by atoms with van der Waals surface area (Å²) in [7, 11) is 3.97. The van der Waals surface area contributed by atoms with Gasteiger partial charge in [0.05, 0.1) is 12.7 Å². The molecule has 1 fully saturated rings. The zero-order chi connectivity index (χ0) is 19.2. The Morgan fingerprint density at radius 2 is 1.96 bits per heavy atom. The lowest BCUT2D eigenvalue weighted by Gasteiger charge is -2.17. The van der Waals surface area contributed by atoms with E-state index >= 15 is 0 Å². The Hall–Kier alpha value is -0.900. The molecule has 1 unspecified atom stereocenters. The Morgan fingerprint density at radius 3 is 2.64 bits per heavy atom. The Bertz CT molecular complexity index is 524. The Balaban J connectivity index is 0.00000392. The summed E-state index contributed by atoms with van der Waals surface area (Å²) in [6, 6.07) is 10.6. The van der Waals surface area contributed by atoms with Crippen LogP contribution in [0.2, 0.25) is 0 Å². The first-order valence-corrected chi connectivity index (χ1v) is 10.1. The topological polar surface area (TPSA) is 58.1 Å². The minimum Gasteiger partial charge on any atom is -0.379 e. The van der Waals surface area contributed by atoms with E-state index in [1.807, 2.05) is 7.05 Å². The second-order valence-electron chi connectivity index (χ2n) is 7.07. The molecule has 0 spiro atoms. The summed E-state index contributed by atoms with van der Waals surface area (Å²) in [4.78, 5) is 6.62. The van der Waals surface area contributed by atoms with E-state index < -0.39 is 0 Å². The second-order valence-corrected chi connectivity index (χ2v) is 7.07. The zero-order valence-corrected chi connectivity index (χ0v) is 19.7. The first-order chi connectivity index (χ1) is 13.3. The molecular formula is C21H37IN4O2. The molecule has 1 heterocycles. The molecule has 1 atom stereocenters. The van der Waals surface area contributed by atoms with E-state index in [0.717, 1.165) is 71.2 Å². The van der Waals surface area contributed by atoms with Gasteiger partial charge in [0, 0.05) is 39.9 Å². The predicted molar refractivity (Wildman–Crippen MR) is 127 cm³/mol. The van der Waals surface area contributed by atoms with Crippen molar-refractivity contribution in [2.75, 3.05) is 53.6 Å². The number of aliphatic imine (C=N–C) groups is 1. The fourth-order valence-electron chi connectivity index (χ4n) is 3.12. The van der Waals surface area contributed by atoms with Gasteiger partial charge in [0.15, 0.2) is 5.96 Å². The lowest BCUT2D eigenvalue weighted by molar-refractivity contribution is 0.0168. The number of halogens is 1. The number of rotatable bonds is 12. The SMILES string of the molecule is CN=C(NCCCOCC1CCCO1)NCCCN(C)Cc1ccccc1.I. The van der Waals surface area contributed by atoms with E-state index in [0.29, 0.717) is 6.10 Å². The maximum atomic E-state index is 5.68. The van der Waals surface area contributed by atoms with Gasteiger partial charge in [-0.3, -0.25) is 4.99 Å². The van der Waals surface area contributed by atoms with Gasteiger partial charge in [-0.1, -0.05) is 30.3 Å². The Labute approximate surface area is 187 Å². The Kier molecular flexibility index (Phi) is 14.3. The van der Waals surface area contributed by atoms with E-state index in [1.165, 1.54) is 12.0 Å². The highest BCUT2D eigenvalue weighted by Gasteiger charge is 2.14. The van der Waals surface area contributed by atoms with Crippen LogP contribution in [-0.4, -0.2) is 70.5 Å². The van der Waals surface area contributed by atoms with E-state index in [-0.39, 0.29) is 24.0 Å². The smallest absolute Gasteiger partial charge is 0.190 e. The van der Waals surface area contributed by atoms with Crippen LogP contribution >= 0.6 is 24.0 Å². The average molecular weight is 504 g/mol. The van der Waals surface area contributed by atoms with Crippen LogP contribution in [-0.2, 0) is 16.0 Å². The number of nitrogens with one attached hydrogen (secondary N) is 2. The van der Waals surface area contributed by atoms with Crippen LogP contribution in [0.4, 0.5) is 0 Å². The van der Waals surface area contributed by atoms with E-state index in [2.05, 4.69) is 57.9 Å². The molecule has 6 nitrogen and oxygen atoms in total. The molecular weight excluding hydrogens is 467 g/mol. The van der Waals surface area contributed by atoms with Crippen LogP contribution in [0, 0.1) is 0 Å². The van der Waals surface area contributed by atoms with E-state index in [4.69, 9.17) is 9.47 Å².